The molecular weight excluding hydrogens is 363 g/mol. The number of imide groups is 1. The van der Waals surface area contributed by atoms with Gasteiger partial charge in [-0.3, -0.25) is 14.5 Å². The minimum Gasteiger partial charge on any atom is -0.478 e. The van der Waals surface area contributed by atoms with Gasteiger partial charge in [0.2, 0.25) is 0 Å². The lowest BCUT2D eigenvalue weighted by molar-refractivity contribution is -0.137. The smallest absolute Gasteiger partial charge is 0.340 e. The normalized spacial score (nSPS) is 14.3. The van der Waals surface area contributed by atoms with Crippen LogP contribution in [0.3, 0.4) is 0 Å². The number of nitrogens with zero attached hydrogens (tertiary/aromatic N) is 1. The van der Waals surface area contributed by atoms with Gasteiger partial charge in [0.25, 0.3) is 11.8 Å². The summed E-state index contributed by atoms with van der Waals surface area (Å²) in [6.07, 6.45) is 0.962. The quantitative estimate of drug-likeness (QED) is 0.664. The summed E-state index contributed by atoms with van der Waals surface area (Å²) in [6, 6.07) is 2.54. The summed E-state index contributed by atoms with van der Waals surface area (Å²) in [7, 11) is 0. The first-order chi connectivity index (χ1) is 10.4. The molecular formula is C13H10BrFN2O5. The van der Waals surface area contributed by atoms with Crippen LogP contribution in [0.2, 0.25) is 0 Å². The van der Waals surface area contributed by atoms with Crippen LogP contribution in [-0.4, -0.2) is 46.0 Å². The Balaban J connectivity index is 2.35. The lowest BCUT2D eigenvalue weighted by atomic mass is 10.1. The van der Waals surface area contributed by atoms with Gasteiger partial charge in [-0.05, 0) is 28.1 Å². The SMILES string of the molecule is O=C(O)c1c(NC2=CC(=O)N(CCO)C2=O)ccc(Br)c1F. The Morgan fingerprint density at radius 3 is 2.64 bits per heavy atom. The number of nitrogens with one attached hydrogen (secondary N) is 1. The van der Waals surface area contributed by atoms with E-state index in [0.717, 1.165) is 11.0 Å². The Morgan fingerprint density at radius 2 is 2.05 bits per heavy atom. The molecule has 0 bridgehead atoms. The number of aromatic carboxylic acids is 1. The Labute approximate surface area is 132 Å². The van der Waals surface area contributed by atoms with Crippen LogP contribution in [0.15, 0.2) is 28.4 Å². The van der Waals surface area contributed by atoms with E-state index in [1.54, 1.807) is 0 Å². The van der Waals surface area contributed by atoms with E-state index in [1.165, 1.54) is 12.1 Å². The number of β-amino-alcohol motifs (C(OH)–C–C–N with tert-alkyl or cyclic N) is 1. The minimum absolute atomic E-state index is 0.0415. The molecule has 1 aliphatic heterocycles. The fourth-order valence-corrected chi connectivity index (χ4v) is 2.25. The van der Waals surface area contributed by atoms with E-state index in [2.05, 4.69) is 21.2 Å². The first-order valence-corrected chi connectivity index (χ1v) is 6.82. The summed E-state index contributed by atoms with van der Waals surface area (Å²) in [5, 5.41) is 20.3. The topological polar surface area (TPSA) is 107 Å². The van der Waals surface area contributed by atoms with Crippen molar-refractivity contribution in [1.29, 1.82) is 0 Å². The average Bonchev–Trinajstić information content (AvgIpc) is 2.71. The number of hydrogen-bond donors (Lipinski definition) is 3. The zero-order chi connectivity index (χ0) is 16.4. The van der Waals surface area contributed by atoms with Gasteiger partial charge >= 0.3 is 5.97 Å². The molecule has 7 nitrogen and oxygen atoms in total. The summed E-state index contributed by atoms with van der Waals surface area (Å²) < 4.78 is 13.8. The molecule has 3 N–H and O–H groups in total. The number of halogens is 2. The summed E-state index contributed by atoms with van der Waals surface area (Å²) in [5.41, 5.74) is -1.01. The van der Waals surface area contributed by atoms with Gasteiger partial charge in [-0.25, -0.2) is 9.18 Å². The summed E-state index contributed by atoms with van der Waals surface area (Å²) in [6.45, 7) is -0.578. The van der Waals surface area contributed by atoms with Crippen molar-refractivity contribution < 1.29 is 29.0 Å². The highest BCUT2D eigenvalue weighted by Gasteiger charge is 2.31. The zero-order valence-electron chi connectivity index (χ0n) is 11.0. The fraction of sp³-hybridized carbons (Fsp3) is 0.154. The Kier molecular flexibility index (Phi) is 4.57. The van der Waals surface area contributed by atoms with E-state index < -0.39 is 35.8 Å². The number of rotatable bonds is 5. The number of carboxylic acid groups (broad SMARTS) is 1. The van der Waals surface area contributed by atoms with Crippen molar-refractivity contribution in [2.75, 3.05) is 18.5 Å². The number of benzene rings is 1. The first-order valence-electron chi connectivity index (χ1n) is 6.03. The van der Waals surface area contributed by atoms with Crippen molar-refractivity contribution in [2.45, 2.75) is 0 Å². The molecule has 0 saturated heterocycles. The molecule has 0 fully saturated rings. The van der Waals surface area contributed by atoms with E-state index >= 15 is 0 Å². The zero-order valence-corrected chi connectivity index (χ0v) is 12.6. The highest BCUT2D eigenvalue weighted by molar-refractivity contribution is 9.10. The van der Waals surface area contributed by atoms with E-state index in [-0.39, 0.29) is 22.4 Å². The third kappa shape index (κ3) is 2.85. The monoisotopic (exact) mass is 372 g/mol. The van der Waals surface area contributed by atoms with Gasteiger partial charge in [0, 0.05) is 6.08 Å². The summed E-state index contributed by atoms with van der Waals surface area (Å²) in [4.78, 5) is 35.5. The Bertz CT molecular complexity index is 704. The number of carbonyl (C=O) groups is 3. The summed E-state index contributed by atoms with van der Waals surface area (Å²) in [5.74, 6) is -3.89. The Morgan fingerprint density at radius 1 is 1.36 bits per heavy atom. The van der Waals surface area contributed by atoms with Gasteiger partial charge in [0.1, 0.15) is 11.3 Å². The second kappa shape index (κ2) is 6.24. The summed E-state index contributed by atoms with van der Waals surface area (Å²) >= 11 is 2.87. The molecule has 0 aliphatic carbocycles. The second-order valence-corrected chi connectivity index (χ2v) is 5.15. The third-order valence-corrected chi connectivity index (χ3v) is 3.52. The van der Waals surface area contributed by atoms with Crippen LogP contribution >= 0.6 is 15.9 Å². The predicted octanol–water partition coefficient (Wildman–Crippen LogP) is 0.943. The van der Waals surface area contributed by atoms with E-state index in [4.69, 9.17) is 10.2 Å². The highest BCUT2D eigenvalue weighted by Crippen LogP contribution is 2.28. The van der Waals surface area contributed by atoms with Gasteiger partial charge in [-0.2, -0.15) is 0 Å². The van der Waals surface area contributed by atoms with Crippen molar-refractivity contribution in [3.8, 4) is 0 Å². The highest BCUT2D eigenvalue weighted by atomic mass is 79.9. The van der Waals surface area contributed by atoms with Crippen LogP contribution in [-0.2, 0) is 9.59 Å². The second-order valence-electron chi connectivity index (χ2n) is 4.29. The number of anilines is 1. The molecule has 1 heterocycles. The molecule has 9 heteroatoms. The molecule has 116 valence electrons. The van der Waals surface area contributed by atoms with Gasteiger partial charge < -0.3 is 15.5 Å². The average molecular weight is 373 g/mol. The maximum absolute atomic E-state index is 13.9. The molecule has 0 radical (unpaired) electrons. The molecule has 22 heavy (non-hydrogen) atoms. The molecule has 0 aromatic heterocycles. The number of amides is 2. The van der Waals surface area contributed by atoms with E-state index in [9.17, 15) is 18.8 Å². The van der Waals surface area contributed by atoms with Crippen LogP contribution in [0.5, 0.6) is 0 Å². The molecule has 2 amide bonds. The molecule has 0 unspecified atom stereocenters. The van der Waals surface area contributed by atoms with E-state index in [0.29, 0.717) is 0 Å². The van der Waals surface area contributed by atoms with Crippen LogP contribution in [0, 0.1) is 5.82 Å². The van der Waals surface area contributed by atoms with Crippen LogP contribution in [0.1, 0.15) is 10.4 Å². The van der Waals surface area contributed by atoms with Crippen molar-refractivity contribution in [2.24, 2.45) is 0 Å². The third-order valence-electron chi connectivity index (χ3n) is 2.91. The van der Waals surface area contributed by atoms with Crippen molar-refractivity contribution >= 4 is 39.4 Å². The lowest BCUT2D eigenvalue weighted by Gasteiger charge is -2.14. The van der Waals surface area contributed by atoms with E-state index in [1.807, 2.05) is 0 Å². The molecule has 1 aliphatic rings. The lowest BCUT2D eigenvalue weighted by Crippen LogP contribution is -2.34. The van der Waals surface area contributed by atoms with Gasteiger partial charge in [0.05, 0.1) is 23.3 Å². The largest absolute Gasteiger partial charge is 0.478 e. The molecule has 0 atom stereocenters. The van der Waals surface area contributed by atoms with Crippen molar-refractivity contribution in [1.82, 2.24) is 4.90 Å². The fourth-order valence-electron chi connectivity index (χ4n) is 1.92. The standard InChI is InChI=1S/C13H10BrFN2O5/c14-6-1-2-7(10(11(6)15)13(21)22)16-8-5-9(19)17(3-4-18)12(8)20/h1-2,5,16,18H,3-4H2,(H,21,22). The number of aliphatic hydroxyl groups excluding tert-OH is 1. The first kappa shape index (κ1) is 16.1. The molecule has 1 aromatic carbocycles. The molecule has 1 aromatic rings. The van der Waals surface area contributed by atoms with Crippen LogP contribution in [0.25, 0.3) is 0 Å². The van der Waals surface area contributed by atoms with Crippen molar-refractivity contribution in [3.63, 3.8) is 0 Å². The maximum atomic E-state index is 13.9. The predicted molar refractivity (Wildman–Crippen MR) is 76.6 cm³/mol. The minimum atomic E-state index is -1.52. The van der Waals surface area contributed by atoms with Gasteiger partial charge in [0.15, 0.2) is 5.82 Å². The van der Waals surface area contributed by atoms with Crippen molar-refractivity contribution in [3.05, 3.63) is 39.8 Å². The van der Waals surface area contributed by atoms with Gasteiger partial charge in [-0.15, -0.1) is 0 Å². The molecule has 0 spiro atoms. The maximum Gasteiger partial charge on any atom is 0.340 e. The number of carbonyl (C=O) groups excluding carboxylic acids is 2. The molecule has 0 saturated carbocycles. The number of aliphatic hydroxyl groups is 1. The van der Waals surface area contributed by atoms with Crippen LogP contribution < -0.4 is 5.32 Å². The Hall–Kier alpha value is -2.26. The number of carboxylic acids is 1. The van der Waals surface area contributed by atoms with Crippen LogP contribution in [0.4, 0.5) is 10.1 Å². The molecule has 2 rings (SSSR count). The van der Waals surface area contributed by atoms with Gasteiger partial charge in [-0.1, -0.05) is 0 Å². The number of hydrogen-bond acceptors (Lipinski definition) is 5.